The van der Waals surface area contributed by atoms with Crippen molar-refractivity contribution < 1.29 is 0 Å². The van der Waals surface area contributed by atoms with Gasteiger partial charge < -0.3 is 4.90 Å². The second-order valence-electron chi connectivity index (χ2n) is 7.28. The van der Waals surface area contributed by atoms with Gasteiger partial charge >= 0.3 is 0 Å². The van der Waals surface area contributed by atoms with Crippen molar-refractivity contribution in [1.29, 1.82) is 0 Å². The highest BCUT2D eigenvalue weighted by atomic mass is 15.3. The van der Waals surface area contributed by atoms with Crippen molar-refractivity contribution in [3.63, 3.8) is 0 Å². The summed E-state index contributed by atoms with van der Waals surface area (Å²) >= 11 is 0. The molecule has 3 nitrogen and oxygen atoms in total. The van der Waals surface area contributed by atoms with Gasteiger partial charge in [-0.15, -0.1) is 0 Å². The minimum atomic E-state index is 0.706. The highest BCUT2D eigenvalue weighted by Crippen LogP contribution is 2.21. The molecule has 0 aliphatic carbocycles. The van der Waals surface area contributed by atoms with Crippen LogP contribution >= 0.6 is 0 Å². The maximum atomic E-state index is 2.75. The number of likely N-dealkylation sites (tertiary alicyclic amines) is 1. The Hall–Kier alpha value is -0.900. The van der Waals surface area contributed by atoms with Crippen molar-refractivity contribution in [1.82, 2.24) is 14.7 Å². The molecule has 0 radical (unpaired) electrons. The van der Waals surface area contributed by atoms with Crippen LogP contribution in [0.15, 0.2) is 30.3 Å². The van der Waals surface area contributed by atoms with Crippen LogP contribution in [0.1, 0.15) is 32.3 Å². The minimum absolute atomic E-state index is 0.706. The molecule has 2 saturated heterocycles. The number of rotatable bonds is 6. The lowest BCUT2D eigenvalue weighted by atomic mass is 10.1. The lowest BCUT2D eigenvalue weighted by Crippen LogP contribution is -2.51. The van der Waals surface area contributed by atoms with Gasteiger partial charge in [0.15, 0.2) is 0 Å². The molecule has 3 heteroatoms. The second-order valence-corrected chi connectivity index (χ2v) is 7.28. The zero-order valence-electron chi connectivity index (χ0n) is 15.0. The number of likely N-dealkylation sites (N-methyl/N-ethyl adjacent to an activating group) is 1. The normalized spacial score (nSPS) is 25.7. The first-order valence-corrected chi connectivity index (χ1v) is 9.50. The maximum Gasteiger partial charge on any atom is 0.0236 e. The van der Waals surface area contributed by atoms with Crippen LogP contribution < -0.4 is 0 Å². The third-order valence-electron chi connectivity index (χ3n) is 5.88. The van der Waals surface area contributed by atoms with Crippen LogP contribution in [0.25, 0.3) is 0 Å². The average Bonchev–Trinajstić information content (AvgIpc) is 3.11. The highest BCUT2D eigenvalue weighted by molar-refractivity contribution is 5.14. The summed E-state index contributed by atoms with van der Waals surface area (Å²) in [5, 5.41) is 0. The van der Waals surface area contributed by atoms with Gasteiger partial charge in [-0.25, -0.2) is 0 Å². The van der Waals surface area contributed by atoms with Crippen LogP contribution in [0.3, 0.4) is 0 Å². The van der Waals surface area contributed by atoms with Gasteiger partial charge in [0, 0.05) is 51.4 Å². The van der Waals surface area contributed by atoms with Gasteiger partial charge in [0.1, 0.15) is 0 Å². The molecule has 0 bridgehead atoms. The average molecular weight is 316 g/mol. The second kappa shape index (κ2) is 8.27. The van der Waals surface area contributed by atoms with Gasteiger partial charge in [-0.05, 0) is 38.3 Å². The quantitative estimate of drug-likeness (QED) is 0.799. The Morgan fingerprint density at radius 1 is 1.04 bits per heavy atom. The predicted octanol–water partition coefficient (Wildman–Crippen LogP) is 2.72. The zero-order chi connectivity index (χ0) is 16.1. The van der Waals surface area contributed by atoms with Gasteiger partial charge in [-0.2, -0.15) is 0 Å². The maximum absolute atomic E-state index is 2.75. The van der Waals surface area contributed by atoms with E-state index in [9.17, 15) is 0 Å². The third-order valence-corrected chi connectivity index (χ3v) is 5.88. The largest absolute Gasteiger partial charge is 0.301 e. The Kier molecular flexibility index (Phi) is 6.09. The van der Waals surface area contributed by atoms with E-state index in [1.54, 1.807) is 0 Å². The molecule has 2 atom stereocenters. The van der Waals surface area contributed by atoms with E-state index < -0.39 is 0 Å². The van der Waals surface area contributed by atoms with E-state index in [2.05, 4.69) is 58.9 Å². The molecule has 2 aliphatic rings. The summed E-state index contributed by atoms with van der Waals surface area (Å²) in [6.45, 7) is 13.5. The highest BCUT2D eigenvalue weighted by Gasteiger charge is 2.31. The van der Waals surface area contributed by atoms with Crippen LogP contribution in [0.4, 0.5) is 0 Å². The SMILES string of the molecule is CCN1CCN(C2CCN(C(C)CCc3ccccc3)C2)CC1. The summed E-state index contributed by atoms with van der Waals surface area (Å²) in [6.07, 6.45) is 3.85. The summed E-state index contributed by atoms with van der Waals surface area (Å²) in [5.41, 5.74) is 1.48. The van der Waals surface area contributed by atoms with Crippen molar-refractivity contribution >= 4 is 0 Å². The van der Waals surface area contributed by atoms with Crippen molar-refractivity contribution in [2.24, 2.45) is 0 Å². The molecular weight excluding hydrogens is 282 g/mol. The molecule has 2 unspecified atom stereocenters. The number of piperazine rings is 1. The first kappa shape index (κ1) is 16.9. The van der Waals surface area contributed by atoms with Crippen LogP contribution in [0.2, 0.25) is 0 Å². The molecule has 0 amide bonds. The molecule has 23 heavy (non-hydrogen) atoms. The van der Waals surface area contributed by atoms with Gasteiger partial charge in [-0.3, -0.25) is 9.80 Å². The van der Waals surface area contributed by atoms with Crippen LogP contribution in [-0.2, 0) is 6.42 Å². The van der Waals surface area contributed by atoms with E-state index in [1.165, 1.54) is 70.6 Å². The molecule has 2 heterocycles. The summed E-state index contributed by atoms with van der Waals surface area (Å²) in [6, 6.07) is 12.4. The molecule has 0 aromatic heterocycles. The summed E-state index contributed by atoms with van der Waals surface area (Å²) in [4.78, 5) is 8.04. The van der Waals surface area contributed by atoms with Crippen molar-refractivity contribution in [2.75, 3.05) is 45.8 Å². The molecular formula is C20H33N3. The molecule has 2 aliphatic heterocycles. The van der Waals surface area contributed by atoms with Gasteiger partial charge in [0.2, 0.25) is 0 Å². The zero-order valence-corrected chi connectivity index (χ0v) is 15.0. The Morgan fingerprint density at radius 3 is 2.48 bits per heavy atom. The van der Waals surface area contributed by atoms with Crippen LogP contribution in [0, 0.1) is 0 Å². The first-order valence-electron chi connectivity index (χ1n) is 9.50. The lowest BCUT2D eigenvalue weighted by Gasteiger charge is -2.37. The molecule has 1 aromatic rings. The van der Waals surface area contributed by atoms with E-state index in [0.29, 0.717) is 6.04 Å². The molecule has 0 saturated carbocycles. The van der Waals surface area contributed by atoms with E-state index in [4.69, 9.17) is 0 Å². The molecule has 0 spiro atoms. The Bertz CT molecular complexity index is 453. The fraction of sp³-hybridized carbons (Fsp3) is 0.700. The standard InChI is InChI=1S/C20H33N3/c1-3-21-13-15-22(16-14-21)20-11-12-23(17-20)18(2)9-10-19-7-5-4-6-8-19/h4-8,18,20H,3,9-17H2,1-2H3. The smallest absolute Gasteiger partial charge is 0.0236 e. The van der Waals surface area contributed by atoms with E-state index in [0.717, 1.165) is 6.04 Å². The third kappa shape index (κ3) is 4.56. The Morgan fingerprint density at radius 2 is 1.78 bits per heavy atom. The van der Waals surface area contributed by atoms with Crippen molar-refractivity contribution in [2.45, 2.75) is 45.2 Å². The first-order chi connectivity index (χ1) is 11.3. The Labute approximate surface area is 142 Å². The van der Waals surface area contributed by atoms with Crippen molar-refractivity contribution in [3.05, 3.63) is 35.9 Å². The molecule has 3 rings (SSSR count). The number of benzene rings is 1. The van der Waals surface area contributed by atoms with Crippen molar-refractivity contribution in [3.8, 4) is 0 Å². The number of hydrogen-bond acceptors (Lipinski definition) is 3. The monoisotopic (exact) mass is 315 g/mol. The number of hydrogen-bond donors (Lipinski definition) is 0. The fourth-order valence-electron chi connectivity index (χ4n) is 4.11. The van der Waals surface area contributed by atoms with E-state index in [1.807, 2.05) is 0 Å². The fourth-order valence-corrected chi connectivity index (χ4v) is 4.11. The Balaban J connectivity index is 1.42. The van der Waals surface area contributed by atoms with Crippen LogP contribution in [0.5, 0.6) is 0 Å². The predicted molar refractivity (Wildman–Crippen MR) is 97.9 cm³/mol. The van der Waals surface area contributed by atoms with Gasteiger partial charge in [0.25, 0.3) is 0 Å². The van der Waals surface area contributed by atoms with E-state index >= 15 is 0 Å². The van der Waals surface area contributed by atoms with Gasteiger partial charge in [0.05, 0.1) is 0 Å². The molecule has 2 fully saturated rings. The topological polar surface area (TPSA) is 9.72 Å². The number of aryl methyl sites for hydroxylation is 1. The van der Waals surface area contributed by atoms with E-state index in [-0.39, 0.29) is 0 Å². The summed E-state index contributed by atoms with van der Waals surface area (Å²) in [7, 11) is 0. The molecule has 128 valence electrons. The summed E-state index contributed by atoms with van der Waals surface area (Å²) < 4.78 is 0. The summed E-state index contributed by atoms with van der Waals surface area (Å²) in [5.74, 6) is 0. The van der Waals surface area contributed by atoms with Crippen LogP contribution in [-0.4, -0.2) is 72.6 Å². The lowest BCUT2D eigenvalue weighted by molar-refractivity contribution is 0.0980. The molecule has 0 N–H and O–H groups in total. The minimum Gasteiger partial charge on any atom is -0.301 e. The van der Waals surface area contributed by atoms with Gasteiger partial charge in [-0.1, -0.05) is 37.3 Å². The number of nitrogens with zero attached hydrogens (tertiary/aromatic N) is 3. The molecule has 1 aromatic carbocycles.